The molecule has 6 heteroatoms. The number of nitrogens with zero attached hydrogens (tertiary/aromatic N) is 2. The fraction of sp³-hybridized carbons (Fsp3) is 0.583. The van der Waals surface area contributed by atoms with Crippen molar-refractivity contribution in [2.75, 3.05) is 20.6 Å². The van der Waals surface area contributed by atoms with Crippen LogP contribution in [0.1, 0.15) is 44.6 Å². The summed E-state index contributed by atoms with van der Waals surface area (Å²) in [4.78, 5) is 19.2. The lowest BCUT2D eigenvalue weighted by molar-refractivity contribution is -0.123. The number of allylic oxidation sites excluding steroid dienone is 1. The summed E-state index contributed by atoms with van der Waals surface area (Å²) < 4.78 is 0. The molecule has 3 rings (SSSR count). The molecule has 2 aliphatic rings. The maximum atomic E-state index is 12.9. The molecule has 1 amide bonds. The number of phenolic OH excluding ortho intramolecular Hbond substituents is 1. The fourth-order valence-corrected chi connectivity index (χ4v) is 4.41. The van der Waals surface area contributed by atoms with Crippen molar-refractivity contribution in [2.24, 2.45) is 22.2 Å². The van der Waals surface area contributed by atoms with Gasteiger partial charge in [0.1, 0.15) is 5.75 Å². The highest BCUT2D eigenvalue weighted by atomic mass is 35.5. The van der Waals surface area contributed by atoms with Crippen molar-refractivity contribution in [1.82, 2.24) is 10.2 Å². The summed E-state index contributed by atoms with van der Waals surface area (Å²) in [5.41, 5.74) is 0.968. The van der Waals surface area contributed by atoms with E-state index in [0.717, 1.165) is 24.3 Å². The lowest BCUT2D eigenvalue weighted by atomic mass is 9.70. The van der Waals surface area contributed by atoms with Crippen molar-refractivity contribution >= 4 is 23.7 Å². The van der Waals surface area contributed by atoms with Crippen molar-refractivity contribution in [3.63, 3.8) is 0 Å². The van der Waals surface area contributed by atoms with E-state index in [4.69, 9.17) is 11.6 Å². The van der Waals surface area contributed by atoms with Crippen molar-refractivity contribution in [2.45, 2.75) is 51.5 Å². The van der Waals surface area contributed by atoms with E-state index in [1.807, 2.05) is 32.6 Å². The molecule has 3 atom stereocenters. The highest BCUT2D eigenvalue weighted by Crippen LogP contribution is 2.45. The maximum absolute atomic E-state index is 12.9. The van der Waals surface area contributed by atoms with Crippen LogP contribution in [-0.4, -0.2) is 48.8 Å². The lowest BCUT2D eigenvalue weighted by Crippen LogP contribution is -2.43. The van der Waals surface area contributed by atoms with E-state index in [0.29, 0.717) is 30.3 Å². The van der Waals surface area contributed by atoms with Gasteiger partial charge in [-0.25, -0.2) is 0 Å². The van der Waals surface area contributed by atoms with Crippen molar-refractivity contribution in [3.8, 4) is 5.75 Å². The molecule has 30 heavy (non-hydrogen) atoms. The average Bonchev–Trinajstić information content (AvgIpc) is 3.50. The van der Waals surface area contributed by atoms with Crippen molar-refractivity contribution in [1.29, 1.82) is 0 Å². The summed E-state index contributed by atoms with van der Waals surface area (Å²) in [7, 11) is 4.02. The van der Waals surface area contributed by atoms with Gasteiger partial charge in [0.2, 0.25) is 5.91 Å². The predicted molar refractivity (Wildman–Crippen MR) is 123 cm³/mol. The SMILES string of the molecule is CN(C)[C@H](CNC(=O)C[C@H](CC1CC1)C1(C)C=CN=CC1)Cc1ccc(O)cc1Cl. The standard InChI is InChI=1S/C24H34ClN3O2/c1-24(8-10-26-11-9-24)19(12-17-4-5-17)14-23(30)27-16-20(28(2)3)13-18-6-7-21(29)15-22(18)25/h6-8,10-11,15,17,19-20,29H,4-5,9,12-14,16H2,1-3H3,(H,27,30)/t19-,20-,24?/m0/s1. The Bertz CT molecular complexity index is 804. The highest BCUT2D eigenvalue weighted by molar-refractivity contribution is 6.31. The summed E-state index contributed by atoms with van der Waals surface area (Å²) >= 11 is 6.28. The Morgan fingerprint density at radius 2 is 2.17 bits per heavy atom. The van der Waals surface area contributed by atoms with Gasteiger partial charge < -0.3 is 15.3 Å². The second-order valence-corrected chi connectivity index (χ2v) is 9.75. The second kappa shape index (κ2) is 9.97. The molecule has 1 fully saturated rings. The normalized spacial score (nSPS) is 22.8. The first-order valence-corrected chi connectivity index (χ1v) is 11.2. The molecule has 2 N–H and O–H groups in total. The number of aromatic hydroxyl groups is 1. The van der Waals surface area contributed by atoms with Gasteiger partial charge in [-0.05, 0) is 68.3 Å². The third-order valence-corrected chi connectivity index (χ3v) is 6.97. The Kier molecular flexibility index (Phi) is 7.59. The monoisotopic (exact) mass is 431 g/mol. The minimum atomic E-state index is 0.00218. The summed E-state index contributed by atoms with van der Waals surface area (Å²) in [6, 6.07) is 5.18. The van der Waals surface area contributed by atoms with Crippen LogP contribution in [0.5, 0.6) is 5.75 Å². The number of phenols is 1. The van der Waals surface area contributed by atoms with Crippen LogP contribution >= 0.6 is 11.6 Å². The first-order chi connectivity index (χ1) is 14.3. The van der Waals surface area contributed by atoms with Crippen LogP contribution in [0.15, 0.2) is 35.5 Å². The molecule has 5 nitrogen and oxygen atoms in total. The fourth-order valence-electron chi connectivity index (χ4n) is 4.16. The van der Waals surface area contributed by atoms with E-state index < -0.39 is 0 Å². The van der Waals surface area contributed by atoms with Crippen LogP contribution in [0.2, 0.25) is 5.02 Å². The molecule has 1 aliphatic carbocycles. The van der Waals surface area contributed by atoms with Crippen LogP contribution in [0, 0.1) is 17.3 Å². The van der Waals surface area contributed by atoms with E-state index in [1.54, 1.807) is 12.1 Å². The average molecular weight is 432 g/mol. The van der Waals surface area contributed by atoms with Gasteiger partial charge in [0.25, 0.3) is 0 Å². The van der Waals surface area contributed by atoms with Gasteiger partial charge in [-0.3, -0.25) is 9.79 Å². The molecule has 0 aromatic heterocycles. The summed E-state index contributed by atoms with van der Waals surface area (Å²) in [5, 5.41) is 13.3. The maximum Gasteiger partial charge on any atom is 0.220 e. The molecular weight excluding hydrogens is 398 g/mol. The highest BCUT2D eigenvalue weighted by Gasteiger charge is 2.37. The third-order valence-electron chi connectivity index (χ3n) is 6.61. The zero-order valence-electron chi connectivity index (χ0n) is 18.3. The quantitative estimate of drug-likeness (QED) is 0.575. The van der Waals surface area contributed by atoms with Crippen LogP contribution in [0.4, 0.5) is 0 Å². The molecule has 0 radical (unpaired) electrons. The number of hydrogen-bond donors (Lipinski definition) is 2. The number of amides is 1. The Morgan fingerprint density at radius 1 is 1.40 bits per heavy atom. The van der Waals surface area contributed by atoms with Gasteiger partial charge in [-0.2, -0.15) is 0 Å². The predicted octanol–water partition coefficient (Wildman–Crippen LogP) is 4.44. The van der Waals surface area contributed by atoms with Gasteiger partial charge in [-0.1, -0.05) is 43.5 Å². The van der Waals surface area contributed by atoms with E-state index in [1.165, 1.54) is 12.8 Å². The Labute approximate surface area is 185 Å². The smallest absolute Gasteiger partial charge is 0.220 e. The number of carbonyl (C=O) groups excluding carboxylic acids is 1. The Morgan fingerprint density at radius 3 is 2.77 bits per heavy atom. The minimum Gasteiger partial charge on any atom is -0.508 e. The van der Waals surface area contributed by atoms with Gasteiger partial charge in [-0.15, -0.1) is 0 Å². The molecular formula is C24H34ClN3O2. The molecule has 1 aromatic carbocycles. The number of aliphatic imine (C=N–C) groups is 1. The first-order valence-electron chi connectivity index (χ1n) is 10.9. The van der Waals surface area contributed by atoms with Crippen LogP contribution in [0.25, 0.3) is 0 Å². The number of carbonyl (C=O) groups is 1. The summed E-state index contributed by atoms with van der Waals surface area (Å²) in [6.45, 7) is 2.82. The van der Waals surface area contributed by atoms with E-state index in [-0.39, 0.29) is 23.1 Å². The minimum absolute atomic E-state index is 0.00218. The number of hydrogen-bond acceptors (Lipinski definition) is 4. The molecule has 1 unspecified atom stereocenters. The lowest BCUT2D eigenvalue weighted by Gasteiger charge is -2.35. The van der Waals surface area contributed by atoms with E-state index >= 15 is 0 Å². The van der Waals surface area contributed by atoms with E-state index in [9.17, 15) is 9.90 Å². The van der Waals surface area contributed by atoms with Crippen molar-refractivity contribution < 1.29 is 9.90 Å². The summed E-state index contributed by atoms with van der Waals surface area (Å²) in [6.07, 6.45) is 11.9. The molecule has 0 bridgehead atoms. The first kappa shape index (κ1) is 22.8. The zero-order chi connectivity index (χ0) is 21.7. The largest absolute Gasteiger partial charge is 0.508 e. The number of benzene rings is 1. The molecule has 0 spiro atoms. The molecule has 0 saturated heterocycles. The van der Waals surface area contributed by atoms with Crippen LogP contribution in [0.3, 0.4) is 0 Å². The molecule has 1 heterocycles. The second-order valence-electron chi connectivity index (χ2n) is 9.34. The Hall–Kier alpha value is -1.85. The number of halogens is 1. The van der Waals surface area contributed by atoms with Gasteiger partial charge in [0.15, 0.2) is 0 Å². The molecule has 1 aliphatic heterocycles. The number of rotatable bonds is 10. The molecule has 1 aromatic rings. The van der Waals surface area contributed by atoms with Crippen molar-refractivity contribution in [3.05, 3.63) is 41.1 Å². The van der Waals surface area contributed by atoms with Crippen LogP contribution < -0.4 is 5.32 Å². The van der Waals surface area contributed by atoms with Crippen LogP contribution in [-0.2, 0) is 11.2 Å². The van der Waals surface area contributed by atoms with E-state index in [2.05, 4.69) is 28.2 Å². The van der Waals surface area contributed by atoms with Gasteiger partial charge in [0, 0.05) is 36.4 Å². The molecule has 1 saturated carbocycles. The number of nitrogens with one attached hydrogen (secondary N) is 1. The van der Waals surface area contributed by atoms with Gasteiger partial charge in [0.05, 0.1) is 0 Å². The Balaban J connectivity index is 1.58. The zero-order valence-corrected chi connectivity index (χ0v) is 19.0. The molecule has 164 valence electrons. The summed E-state index contributed by atoms with van der Waals surface area (Å²) in [5.74, 6) is 1.38. The topological polar surface area (TPSA) is 64.9 Å². The van der Waals surface area contributed by atoms with Gasteiger partial charge >= 0.3 is 0 Å². The third kappa shape index (κ3) is 6.32. The number of likely N-dealkylation sites (N-methyl/N-ethyl adjacent to an activating group) is 1.